The molecule has 29 heavy (non-hydrogen) atoms. The highest BCUT2D eigenvalue weighted by atomic mass is 16.5. The van der Waals surface area contributed by atoms with Crippen LogP contribution >= 0.6 is 0 Å². The maximum Gasteiger partial charge on any atom is 0.210 e. The second kappa shape index (κ2) is 7.91. The zero-order valence-electron chi connectivity index (χ0n) is 15.8. The number of aromatic nitrogens is 1. The summed E-state index contributed by atoms with van der Waals surface area (Å²) >= 11 is 0. The van der Waals surface area contributed by atoms with Crippen LogP contribution in [0.2, 0.25) is 0 Å². The number of aromatic amines is 1. The van der Waals surface area contributed by atoms with E-state index >= 15 is 0 Å². The molecular formula is C24H18N2O3. The normalized spacial score (nSPS) is 11.6. The van der Waals surface area contributed by atoms with Gasteiger partial charge in [0.2, 0.25) is 5.78 Å². The van der Waals surface area contributed by atoms with Crippen LogP contribution in [0.5, 0.6) is 11.5 Å². The van der Waals surface area contributed by atoms with Gasteiger partial charge in [-0.05, 0) is 18.2 Å². The van der Waals surface area contributed by atoms with E-state index in [9.17, 15) is 4.79 Å². The molecule has 0 spiro atoms. The van der Waals surface area contributed by atoms with Crippen LogP contribution in [-0.4, -0.2) is 17.9 Å². The van der Waals surface area contributed by atoms with Gasteiger partial charge in [0.25, 0.3) is 0 Å². The Morgan fingerprint density at radius 1 is 1.00 bits per heavy atom. The average Bonchev–Trinajstić information content (AvgIpc) is 3.22. The minimum atomic E-state index is -0.864. The number of hydrogen-bond donors (Lipinski definition) is 1. The molecule has 0 radical (unpaired) electrons. The van der Waals surface area contributed by atoms with E-state index in [2.05, 4.69) is 11.1 Å². The summed E-state index contributed by atoms with van der Waals surface area (Å²) in [6.45, 7) is 0. The van der Waals surface area contributed by atoms with Gasteiger partial charge in [0.05, 0.1) is 18.7 Å². The van der Waals surface area contributed by atoms with E-state index in [1.165, 1.54) is 7.11 Å². The van der Waals surface area contributed by atoms with Crippen molar-refractivity contribution in [3.63, 3.8) is 0 Å². The summed E-state index contributed by atoms with van der Waals surface area (Å²) in [7, 11) is 1.50. The van der Waals surface area contributed by atoms with E-state index in [4.69, 9.17) is 14.7 Å². The Morgan fingerprint density at radius 2 is 1.76 bits per heavy atom. The molecule has 1 heterocycles. The van der Waals surface area contributed by atoms with Gasteiger partial charge in [-0.2, -0.15) is 5.26 Å². The highest BCUT2D eigenvalue weighted by molar-refractivity contribution is 6.10. The standard InChI is InChI=1S/C24H18N2O3/c1-28-22-13-16(14-25)11-12-21(22)29-24(17-7-3-2-4-8-17)23(27)19-15-26-20-10-6-5-9-18(19)20/h2-13,15,24,26H,1H3. The van der Waals surface area contributed by atoms with Crippen molar-refractivity contribution < 1.29 is 14.3 Å². The first kappa shape index (κ1) is 18.3. The van der Waals surface area contributed by atoms with Crippen LogP contribution < -0.4 is 9.47 Å². The van der Waals surface area contributed by atoms with Crippen molar-refractivity contribution in [3.8, 4) is 17.6 Å². The number of carbonyl (C=O) groups is 1. The lowest BCUT2D eigenvalue weighted by Crippen LogP contribution is -2.19. The topological polar surface area (TPSA) is 75.1 Å². The monoisotopic (exact) mass is 382 g/mol. The number of nitrogens with zero attached hydrogens (tertiary/aromatic N) is 1. The number of hydrogen-bond acceptors (Lipinski definition) is 4. The predicted octanol–water partition coefficient (Wildman–Crippen LogP) is 5.05. The van der Waals surface area contributed by atoms with E-state index in [1.54, 1.807) is 24.4 Å². The van der Waals surface area contributed by atoms with Crippen LogP contribution in [-0.2, 0) is 0 Å². The minimum absolute atomic E-state index is 0.167. The van der Waals surface area contributed by atoms with E-state index in [1.807, 2.05) is 54.6 Å². The molecule has 142 valence electrons. The number of benzene rings is 3. The number of methoxy groups -OCH3 is 1. The number of fused-ring (bicyclic) bond motifs is 1. The number of rotatable bonds is 6. The van der Waals surface area contributed by atoms with Crippen molar-refractivity contribution in [1.82, 2.24) is 4.98 Å². The number of nitrogens with one attached hydrogen (secondary N) is 1. The van der Waals surface area contributed by atoms with Crippen LogP contribution in [0.25, 0.3) is 10.9 Å². The van der Waals surface area contributed by atoms with E-state index < -0.39 is 6.10 Å². The molecular weight excluding hydrogens is 364 g/mol. The molecule has 0 fully saturated rings. The fourth-order valence-electron chi connectivity index (χ4n) is 3.28. The molecule has 1 N–H and O–H groups in total. The quantitative estimate of drug-likeness (QED) is 0.474. The van der Waals surface area contributed by atoms with Crippen molar-refractivity contribution in [2.45, 2.75) is 6.10 Å². The molecule has 4 rings (SSSR count). The summed E-state index contributed by atoms with van der Waals surface area (Å²) in [5, 5.41) is 9.96. The molecule has 1 aromatic heterocycles. The van der Waals surface area contributed by atoms with Gasteiger partial charge in [0.15, 0.2) is 17.6 Å². The van der Waals surface area contributed by atoms with Crippen LogP contribution in [0.1, 0.15) is 27.6 Å². The zero-order chi connectivity index (χ0) is 20.2. The third-order valence-corrected chi connectivity index (χ3v) is 4.73. The molecule has 5 nitrogen and oxygen atoms in total. The molecule has 5 heteroatoms. The van der Waals surface area contributed by atoms with E-state index in [0.29, 0.717) is 22.6 Å². The molecule has 3 aromatic carbocycles. The van der Waals surface area contributed by atoms with E-state index in [-0.39, 0.29) is 5.78 Å². The summed E-state index contributed by atoms with van der Waals surface area (Å²) in [4.78, 5) is 16.6. The molecule has 0 saturated heterocycles. The van der Waals surface area contributed by atoms with Crippen LogP contribution in [0.4, 0.5) is 0 Å². The third kappa shape index (κ3) is 3.56. The van der Waals surface area contributed by atoms with E-state index in [0.717, 1.165) is 16.5 Å². The number of Topliss-reactive ketones (excluding diaryl/α,β-unsaturated/α-hetero) is 1. The molecule has 0 aliphatic rings. The Bertz CT molecular complexity index is 1210. The molecule has 0 bridgehead atoms. The minimum Gasteiger partial charge on any atom is -0.493 e. The van der Waals surface area contributed by atoms with Crippen molar-refractivity contribution >= 4 is 16.7 Å². The lowest BCUT2D eigenvalue weighted by Gasteiger charge is -2.20. The predicted molar refractivity (Wildman–Crippen MR) is 110 cm³/mol. The molecule has 0 aliphatic heterocycles. The fraction of sp³-hybridized carbons (Fsp3) is 0.0833. The van der Waals surface area contributed by atoms with Crippen LogP contribution in [0.3, 0.4) is 0 Å². The number of H-pyrrole nitrogens is 1. The fourth-order valence-corrected chi connectivity index (χ4v) is 3.28. The smallest absolute Gasteiger partial charge is 0.210 e. The summed E-state index contributed by atoms with van der Waals surface area (Å²) in [5.41, 5.74) is 2.63. The van der Waals surface area contributed by atoms with Gasteiger partial charge in [0.1, 0.15) is 0 Å². The highest BCUT2D eigenvalue weighted by Gasteiger charge is 2.27. The number of carbonyl (C=O) groups excluding carboxylic acids is 1. The Kier molecular flexibility index (Phi) is 5.00. The molecule has 0 amide bonds. The lowest BCUT2D eigenvalue weighted by atomic mass is 9.99. The van der Waals surface area contributed by atoms with Crippen LogP contribution in [0, 0.1) is 11.3 Å². The molecule has 1 atom stereocenters. The van der Waals surface area contributed by atoms with Crippen molar-refractivity contribution in [1.29, 1.82) is 5.26 Å². The molecule has 0 saturated carbocycles. The number of ether oxygens (including phenoxy) is 2. The largest absolute Gasteiger partial charge is 0.493 e. The Labute approximate surface area is 168 Å². The molecule has 1 unspecified atom stereocenters. The van der Waals surface area contributed by atoms with Gasteiger partial charge in [-0.3, -0.25) is 4.79 Å². The van der Waals surface area contributed by atoms with Crippen LogP contribution in [0.15, 0.2) is 79.0 Å². The second-order valence-corrected chi connectivity index (χ2v) is 6.50. The highest BCUT2D eigenvalue weighted by Crippen LogP contribution is 2.34. The van der Waals surface area contributed by atoms with Gasteiger partial charge in [-0.1, -0.05) is 48.5 Å². The van der Waals surface area contributed by atoms with Gasteiger partial charge >= 0.3 is 0 Å². The van der Waals surface area contributed by atoms with Crippen molar-refractivity contribution in [2.24, 2.45) is 0 Å². The molecule has 4 aromatic rings. The Balaban J connectivity index is 1.77. The maximum atomic E-state index is 13.5. The van der Waals surface area contributed by atoms with Crippen molar-refractivity contribution in [2.75, 3.05) is 7.11 Å². The molecule has 0 aliphatic carbocycles. The summed E-state index contributed by atoms with van der Waals surface area (Å²) in [5.74, 6) is 0.630. The van der Waals surface area contributed by atoms with Gasteiger partial charge < -0.3 is 14.5 Å². The SMILES string of the molecule is COc1cc(C#N)ccc1OC(C(=O)c1c[nH]c2ccccc12)c1ccccc1. The van der Waals surface area contributed by atoms with Gasteiger partial charge in [0, 0.05) is 34.3 Å². The number of ketones is 1. The number of para-hydroxylation sites is 1. The average molecular weight is 382 g/mol. The maximum absolute atomic E-state index is 13.5. The van der Waals surface area contributed by atoms with Gasteiger partial charge in [-0.15, -0.1) is 0 Å². The first-order chi connectivity index (χ1) is 14.2. The first-order valence-corrected chi connectivity index (χ1v) is 9.11. The first-order valence-electron chi connectivity index (χ1n) is 9.11. The summed E-state index contributed by atoms with van der Waals surface area (Å²) in [6, 6.07) is 23.9. The third-order valence-electron chi connectivity index (χ3n) is 4.73. The lowest BCUT2D eigenvalue weighted by molar-refractivity contribution is 0.0789. The number of nitriles is 1. The second-order valence-electron chi connectivity index (χ2n) is 6.50. The Morgan fingerprint density at radius 3 is 2.52 bits per heavy atom. The summed E-state index contributed by atoms with van der Waals surface area (Å²) in [6.07, 6.45) is 0.847. The summed E-state index contributed by atoms with van der Waals surface area (Å²) < 4.78 is 11.5. The Hall–Kier alpha value is -4.04. The van der Waals surface area contributed by atoms with Gasteiger partial charge in [-0.25, -0.2) is 0 Å². The van der Waals surface area contributed by atoms with Crippen molar-refractivity contribution in [3.05, 3.63) is 95.7 Å². The zero-order valence-corrected chi connectivity index (χ0v) is 15.8.